The van der Waals surface area contributed by atoms with E-state index in [4.69, 9.17) is 0 Å². The first-order valence-electron chi connectivity index (χ1n) is 14.1. The van der Waals surface area contributed by atoms with Gasteiger partial charge in [0, 0.05) is 11.5 Å². The maximum absolute atomic E-state index is 10.2. The van der Waals surface area contributed by atoms with Crippen LogP contribution in [0.3, 0.4) is 0 Å². The first-order chi connectivity index (χ1) is 16.8. The fraction of sp³-hybridized carbons (Fsp3) is 0.929. The molecule has 0 aromatic rings. The summed E-state index contributed by atoms with van der Waals surface area (Å²) in [6.07, 6.45) is 15.6. The Morgan fingerprint density at radius 1 is 0.629 bits per heavy atom. The van der Waals surface area contributed by atoms with E-state index in [2.05, 4.69) is 41.5 Å². The number of thioether (sulfide) groups is 2. The zero-order chi connectivity index (χ0) is 27.2. The monoisotopic (exact) mass is 640 g/mol. The molecule has 0 N–H and O–H groups in total. The fourth-order valence-corrected chi connectivity index (χ4v) is 9.34. The number of carboxylic acid groups (broad SMARTS) is 2. The van der Waals surface area contributed by atoms with Crippen molar-refractivity contribution in [1.29, 1.82) is 0 Å². The Balaban J connectivity index is -0.000000448. The zero-order valence-corrected chi connectivity index (χ0v) is 28.3. The molecule has 0 radical (unpaired) electrons. The third-order valence-electron chi connectivity index (χ3n) is 5.65. The van der Waals surface area contributed by atoms with Crippen molar-refractivity contribution in [2.75, 3.05) is 23.0 Å². The van der Waals surface area contributed by atoms with Crippen LogP contribution >= 0.6 is 23.5 Å². The molecule has 2 unspecified atom stereocenters. The van der Waals surface area contributed by atoms with Gasteiger partial charge >= 0.3 is 69.5 Å². The summed E-state index contributed by atoms with van der Waals surface area (Å²) in [5, 5.41) is 20.3. The van der Waals surface area contributed by atoms with Gasteiger partial charge in [-0.1, -0.05) is 66.2 Å². The summed E-state index contributed by atoms with van der Waals surface area (Å²) in [5.41, 5.74) is 0. The number of carboxylic acids is 2. The van der Waals surface area contributed by atoms with E-state index in [1.165, 1.54) is 87.7 Å². The van der Waals surface area contributed by atoms with Gasteiger partial charge in [-0.3, -0.25) is 0 Å². The van der Waals surface area contributed by atoms with E-state index in [1.807, 2.05) is 0 Å². The van der Waals surface area contributed by atoms with Crippen LogP contribution in [0, 0.1) is 11.8 Å². The van der Waals surface area contributed by atoms with Gasteiger partial charge < -0.3 is 19.8 Å². The van der Waals surface area contributed by atoms with Crippen LogP contribution in [0.1, 0.15) is 119 Å². The molecule has 0 saturated carbocycles. The van der Waals surface area contributed by atoms with Crippen molar-refractivity contribution < 1.29 is 19.8 Å². The molecule has 0 aromatic carbocycles. The third kappa shape index (κ3) is 39.1. The molecule has 208 valence electrons. The van der Waals surface area contributed by atoms with Crippen molar-refractivity contribution in [3.8, 4) is 0 Å². The second kappa shape index (κ2) is 34.4. The van der Waals surface area contributed by atoms with Crippen LogP contribution in [0.2, 0.25) is 8.87 Å². The van der Waals surface area contributed by atoms with Crippen LogP contribution in [0.5, 0.6) is 0 Å². The predicted octanol–water partition coefficient (Wildman–Crippen LogP) is 6.50. The summed E-state index contributed by atoms with van der Waals surface area (Å²) >= 11 is 3.11. The molecule has 0 rings (SSSR count). The number of unbranched alkanes of at least 4 members (excludes halogenated alkanes) is 4. The van der Waals surface area contributed by atoms with E-state index in [9.17, 15) is 19.8 Å². The normalized spacial score (nSPS) is 11.8. The number of rotatable bonds is 22. The standard InChI is InChI=1S/2C10H20O2S.2C4H9.Sn/c2*1-3-5-6-9(4-2)7-13-8-10(11)12;2*1-3-4-2;/h2*9H,3-8H2,1-2H3,(H,11,12);2*1,3-4H2,2H3;/q;;;;+2/p-2. The van der Waals surface area contributed by atoms with Crippen molar-refractivity contribution in [3.63, 3.8) is 0 Å². The van der Waals surface area contributed by atoms with Gasteiger partial charge in [-0.05, 0) is 36.2 Å². The summed E-state index contributed by atoms with van der Waals surface area (Å²) < 4.78 is 3.25. The van der Waals surface area contributed by atoms with Crippen LogP contribution in [-0.4, -0.2) is 56.1 Å². The van der Waals surface area contributed by atoms with E-state index < -0.39 is 11.9 Å². The van der Waals surface area contributed by atoms with E-state index in [1.54, 1.807) is 8.87 Å². The summed E-state index contributed by atoms with van der Waals surface area (Å²) in [7, 11) is 0. The van der Waals surface area contributed by atoms with Crippen molar-refractivity contribution in [2.45, 2.75) is 127 Å². The van der Waals surface area contributed by atoms with Gasteiger partial charge in [0.15, 0.2) is 0 Å². The fourth-order valence-electron chi connectivity index (χ4n) is 3.14. The Morgan fingerprint density at radius 3 is 1.23 bits per heavy atom. The average Bonchev–Trinajstić information content (AvgIpc) is 2.83. The first-order valence-corrected chi connectivity index (χ1v) is 20.4. The van der Waals surface area contributed by atoms with Gasteiger partial charge in [-0.15, -0.1) is 0 Å². The van der Waals surface area contributed by atoms with Crippen molar-refractivity contribution in [3.05, 3.63) is 0 Å². The molecule has 0 heterocycles. The molecule has 2 atom stereocenters. The van der Waals surface area contributed by atoms with Gasteiger partial charge in [-0.2, -0.15) is 23.5 Å². The second-order valence-corrected chi connectivity index (χ2v) is 15.4. The average molecular weight is 640 g/mol. The number of hydrogen-bond donors (Lipinski definition) is 0. The molecule has 0 bridgehead atoms. The molecule has 7 heteroatoms. The van der Waals surface area contributed by atoms with Gasteiger partial charge in [0.1, 0.15) is 0 Å². The molecule has 35 heavy (non-hydrogen) atoms. The zero-order valence-electron chi connectivity index (χ0n) is 23.8. The molecule has 0 aliphatic heterocycles. The Labute approximate surface area is 237 Å². The Kier molecular flexibility index (Phi) is 39.3. The van der Waals surface area contributed by atoms with Gasteiger partial charge in [0.25, 0.3) is 0 Å². The molecule has 0 saturated heterocycles. The molecular formula is C28H56O4S2Sn. The number of aliphatic carboxylic acids is 2. The third-order valence-corrected chi connectivity index (χ3v) is 12.0. The van der Waals surface area contributed by atoms with Crippen LogP contribution in [0.25, 0.3) is 0 Å². The summed E-state index contributed by atoms with van der Waals surface area (Å²) in [6.45, 7) is 13.3. The van der Waals surface area contributed by atoms with Gasteiger partial charge in [-0.25, -0.2) is 0 Å². The molecule has 0 amide bonds. The molecule has 0 aromatic heterocycles. The molecule has 0 spiro atoms. The summed E-state index contributed by atoms with van der Waals surface area (Å²) in [5.74, 6) is 1.68. The van der Waals surface area contributed by atoms with E-state index in [-0.39, 0.29) is 32.6 Å². The second-order valence-electron chi connectivity index (χ2n) is 9.06. The van der Waals surface area contributed by atoms with E-state index in [0.717, 1.165) is 24.3 Å². The van der Waals surface area contributed by atoms with Crippen molar-refractivity contribution in [1.82, 2.24) is 0 Å². The molecule has 0 aliphatic carbocycles. The van der Waals surface area contributed by atoms with Crippen LogP contribution in [-0.2, 0) is 9.59 Å². The number of carbonyl (C=O) groups excluding carboxylic acids is 2. The summed E-state index contributed by atoms with van der Waals surface area (Å²) in [4.78, 5) is 20.3. The van der Waals surface area contributed by atoms with Gasteiger partial charge in [0.05, 0.1) is 11.9 Å². The minimum atomic E-state index is -0.949. The maximum atomic E-state index is 10.2. The van der Waals surface area contributed by atoms with Crippen molar-refractivity contribution in [2.24, 2.45) is 11.8 Å². The van der Waals surface area contributed by atoms with E-state index >= 15 is 0 Å². The number of carbonyl (C=O) groups is 2. The van der Waals surface area contributed by atoms with E-state index in [0.29, 0.717) is 11.8 Å². The van der Waals surface area contributed by atoms with Crippen LogP contribution in [0.4, 0.5) is 0 Å². The molecule has 0 aliphatic rings. The topological polar surface area (TPSA) is 80.3 Å². The quantitative estimate of drug-likeness (QED) is 0.0995. The minimum absolute atomic E-state index is 0.141. The summed E-state index contributed by atoms with van der Waals surface area (Å²) in [6, 6.07) is 0. The molecular weight excluding hydrogens is 583 g/mol. The Bertz CT molecular complexity index is 401. The van der Waals surface area contributed by atoms with Crippen LogP contribution in [0.15, 0.2) is 0 Å². The van der Waals surface area contributed by atoms with Crippen LogP contribution < -0.4 is 10.2 Å². The van der Waals surface area contributed by atoms with Crippen molar-refractivity contribution >= 4 is 56.6 Å². The predicted molar refractivity (Wildman–Crippen MR) is 156 cm³/mol. The Morgan fingerprint density at radius 2 is 0.971 bits per heavy atom. The molecule has 4 nitrogen and oxygen atoms in total. The SMILES string of the molecule is CCCCC(CC)CSCC(=O)[O-].CCCCC(CC)CSCC(=O)[O-].CCC[CH2][Sn+2][CH2]CCC. The number of hydrogen-bond acceptors (Lipinski definition) is 6. The first kappa shape index (κ1) is 39.9. The molecule has 0 fully saturated rings. The van der Waals surface area contributed by atoms with Gasteiger partial charge in [0.2, 0.25) is 0 Å². The Hall–Kier alpha value is 0.439.